The molecule has 3 nitrogen and oxygen atoms in total. The summed E-state index contributed by atoms with van der Waals surface area (Å²) < 4.78 is 0. The fourth-order valence-corrected chi connectivity index (χ4v) is 0.517. The minimum absolute atomic E-state index is 0.791. The van der Waals surface area contributed by atoms with Crippen molar-refractivity contribution in [2.24, 2.45) is 0 Å². The van der Waals surface area contributed by atoms with Gasteiger partial charge in [0.25, 0.3) is 0 Å². The van der Waals surface area contributed by atoms with Crippen molar-refractivity contribution in [3.63, 3.8) is 0 Å². The highest BCUT2D eigenvalue weighted by molar-refractivity contribution is 6.15. The molecule has 0 aliphatic rings. The van der Waals surface area contributed by atoms with Gasteiger partial charge in [0, 0.05) is 19.0 Å². The highest BCUT2D eigenvalue weighted by Crippen LogP contribution is 1.84. The number of nitrogens with zero attached hydrogens (tertiary/aromatic N) is 1. The van der Waals surface area contributed by atoms with Gasteiger partial charge >= 0.3 is 5.97 Å². The van der Waals surface area contributed by atoms with Crippen molar-refractivity contribution in [2.75, 3.05) is 27.0 Å². The third kappa shape index (κ3) is 16.2. The fraction of sp³-hybridized carbons (Fsp3) is 0.625. The molecule has 0 aromatic rings. The lowest BCUT2D eigenvalue weighted by Gasteiger charge is -2.04. The quantitative estimate of drug-likeness (QED) is 0.543. The second-order valence-corrected chi connectivity index (χ2v) is 2.33. The topological polar surface area (TPSA) is 40.5 Å². The molecule has 0 heterocycles. The molecule has 0 aromatic carbocycles. The van der Waals surface area contributed by atoms with Gasteiger partial charge in [0.1, 0.15) is 0 Å². The van der Waals surface area contributed by atoms with Gasteiger partial charge in [-0.3, -0.25) is 0 Å². The lowest BCUT2D eigenvalue weighted by Crippen LogP contribution is -2.11. The highest BCUT2D eigenvalue weighted by Gasteiger charge is 1.87. The SMILES string of the molecule is CCl.CN(C)CCC=CC(=O)O. The molecule has 0 saturated heterocycles. The van der Waals surface area contributed by atoms with Crippen LogP contribution in [0, 0.1) is 0 Å². The third-order valence-electron chi connectivity index (χ3n) is 1.00. The molecule has 12 heavy (non-hydrogen) atoms. The van der Waals surface area contributed by atoms with E-state index in [1.807, 2.05) is 19.0 Å². The number of hydrogen-bond donors (Lipinski definition) is 1. The molecule has 72 valence electrons. The first kappa shape index (κ1) is 14.0. The van der Waals surface area contributed by atoms with E-state index >= 15 is 0 Å². The van der Waals surface area contributed by atoms with Crippen molar-refractivity contribution in [3.05, 3.63) is 12.2 Å². The maximum absolute atomic E-state index is 9.94. The number of aliphatic carboxylic acids is 1. The lowest BCUT2D eigenvalue weighted by molar-refractivity contribution is -0.131. The van der Waals surface area contributed by atoms with Gasteiger partial charge in [-0.1, -0.05) is 6.08 Å². The van der Waals surface area contributed by atoms with Crippen LogP contribution in [0.1, 0.15) is 6.42 Å². The molecule has 4 heteroatoms. The molecular formula is C8H16ClNO2. The van der Waals surface area contributed by atoms with E-state index in [0.717, 1.165) is 13.0 Å². The van der Waals surface area contributed by atoms with Crippen LogP contribution in [-0.4, -0.2) is 43.0 Å². The van der Waals surface area contributed by atoms with Crippen LogP contribution in [-0.2, 0) is 4.79 Å². The lowest BCUT2D eigenvalue weighted by atomic mass is 10.3. The number of alkyl halides is 1. The average molecular weight is 194 g/mol. The maximum atomic E-state index is 9.94. The molecule has 0 atom stereocenters. The number of carboxylic acids is 1. The van der Waals surface area contributed by atoms with E-state index in [1.54, 1.807) is 6.08 Å². The van der Waals surface area contributed by atoms with Crippen molar-refractivity contribution < 1.29 is 9.90 Å². The first-order chi connectivity index (χ1) is 5.63. The summed E-state index contributed by atoms with van der Waals surface area (Å²) in [6.07, 6.45) is 5.09. The Bertz CT molecular complexity index is 135. The summed E-state index contributed by atoms with van der Waals surface area (Å²) >= 11 is 4.64. The summed E-state index contributed by atoms with van der Waals surface area (Å²) in [5, 5.41) is 8.18. The van der Waals surface area contributed by atoms with Crippen LogP contribution < -0.4 is 0 Å². The Morgan fingerprint density at radius 2 is 2.00 bits per heavy atom. The van der Waals surface area contributed by atoms with Crippen molar-refractivity contribution in [3.8, 4) is 0 Å². The minimum atomic E-state index is -0.876. The molecule has 0 rings (SSSR count). The van der Waals surface area contributed by atoms with Gasteiger partial charge in [0.15, 0.2) is 0 Å². The summed E-state index contributed by atoms with van der Waals surface area (Å²) in [6, 6.07) is 0. The molecule has 0 aliphatic heterocycles. The van der Waals surface area contributed by atoms with Gasteiger partial charge in [-0.25, -0.2) is 4.79 Å². The van der Waals surface area contributed by atoms with Gasteiger partial charge in [0.2, 0.25) is 0 Å². The normalized spacial score (nSPS) is 9.75. The molecule has 0 saturated carbocycles. The van der Waals surface area contributed by atoms with Crippen LogP contribution in [0.4, 0.5) is 0 Å². The zero-order valence-electron chi connectivity index (χ0n) is 7.75. The summed E-state index contributed by atoms with van der Waals surface area (Å²) in [4.78, 5) is 11.9. The van der Waals surface area contributed by atoms with Gasteiger partial charge in [0.05, 0.1) is 0 Å². The van der Waals surface area contributed by atoms with Crippen LogP contribution in [0.15, 0.2) is 12.2 Å². The van der Waals surface area contributed by atoms with Crippen molar-refractivity contribution in [1.29, 1.82) is 0 Å². The summed E-state index contributed by atoms with van der Waals surface area (Å²) in [5.74, 6) is -0.876. The first-order valence-electron chi connectivity index (χ1n) is 3.55. The van der Waals surface area contributed by atoms with Crippen LogP contribution in [0.2, 0.25) is 0 Å². The predicted molar refractivity (Wildman–Crippen MR) is 51.7 cm³/mol. The van der Waals surface area contributed by atoms with Gasteiger partial charge in [-0.2, -0.15) is 0 Å². The Labute approximate surface area is 78.6 Å². The smallest absolute Gasteiger partial charge is 0.327 e. The Hall–Kier alpha value is -0.540. The monoisotopic (exact) mass is 193 g/mol. The molecule has 1 N–H and O–H groups in total. The van der Waals surface area contributed by atoms with E-state index in [9.17, 15) is 4.79 Å². The molecular weight excluding hydrogens is 178 g/mol. The zero-order valence-corrected chi connectivity index (χ0v) is 8.51. The van der Waals surface area contributed by atoms with Crippen molar-refractivity contribution in [1.82, 2.24) is 4.90 Å². The number of rotatable bonds is 4. The number of carbonyl (C=O) groups is 1. The highest BCUT2D eigenvalue weighted by atomic mass is 35.5. The standard InChI is InChI=1S/C7H13NO2.CH3Cl/c1-8(2)6-4-3-5-7(9)10;1-2/h3,5H,4,6H2,1-2H3,(H,9,10);1H3. The first-order valence-corrected chi connectivity index (χ1v) is 4.30. The largest absolute Gasteiger partial charge is 0.478 e. The average Bonchev–Trinajstić information content (AvgIpc) is 2.02. The van der Waals surface area contributed by atoms with E-state index in [1.165, 1.54) is 12.5 Å². The summed E-state index contributed by atoms with van der Waals surface area (Å²) in [6.45, 7) is 0.893. The number of hydrogen-bond acceptors (Lipinski definition) is 2. The summed E-state index contributed by atoms with van der Waals surface area (Å²) in [5.41, 5.74) is 0. The van der Waals surface area contributed by atoms with Crippen LogP contribution >= 0.6 is 11.6 Å². The molecule has 0 bridgehead atoms. The van der Waals surface area contributed by atoms with Crippen LogP contribution in [0.5, 0.6) is 0 Å². The second-order valence-electron chi connectivity index (χ2n) is 2.33. The third-order valence-corrected chi connectivity index (χ3v) is 1.00. The minimum Gasteiger partial charge on any atom is -0.478 e. The molecule has 0 spiro atoms. The second kappa shape index (κ2) is 10.5. The van der Waals surface area contributed by atoms with E-state index in [2.05, 4.69) is 11.6 Å². The number of carboxylic acid groups (broad SMARTS) is 1. The van der Waals surface area contributed by atoms with Crippen LogP contribution in [0.25, 0.3) is 0 Å². The molecule has 0 aromatic heterocycles. The van der Waals surface area contributed by atoms with Gasteiger partial charge < -0.3 is 10.0 Å². The van der Waals surface area contributed by atoms with Crippen molar-refractivity contribution in [2.45, 2.75) is 6.42 Å². The van der Waals surface area contributed by atoms with Crippen LogP contribution in [0.3, 0.4) is 0 Å². The zero-order chi connectivity index (χ0) is 9.98. The Morgan fingerprint density at radius 3 is 2.33 bits per heavy atom. The Kier molecular flexibility index (Phi) is 12.2. The predicted octanol–water partition coefficient (Wildman–Crippen LogP) is 1.43. The Morgan fingerprint density at radius 1 is 1.50 bits per heavy atom. The molecule has 0 amide bonds. The van der Waals surface area contributed by atoms with Gasteiger partial charge in [-0.15, -0.1) is 11.6 Å². The van der Waals surface area contributed by atoms with Gasteiger partial charge in [-0.05, 0) is 20.5 Å². The Balaban J connectivity index is 0. The van der Waals surface area contributed by atoms with E-state index in [4.69, 9.17) is 5.11 Å². The molecule has 0 fully saturated rings. The molecule has 0 unspecified atom stereocenters. The van der Waals surface area contributed by atoms with E-state index < -0.39 is 5.97 Å². The molecule has 0 radical (unpaired) electrons. The maximum Gasteiger partial charge on any atom is 0.327 e. The van der Waals surface area contributed by atoms with Crippen molar-refractivity contribution >= 4 is 17.6 Å². The van der Waals surface area contributed by atoms with E-state index in [-0.39, 0.29) is 0 Å². The molecule has 0 aliphatic carbocycles. The summed E-state index contributed by atoms with van der Waals surface area (Å²) in [7, 11) is 3.91. The number of halogens is 1. The van der Waals surface area contributed by atoms with E-state index in [0.29, 0.717) is 0 Å². The fourth-order valence-electron chi connectivity index (χ4n) is 0.517.